The van der Waals surface area contributed by atoms with Crippen LogP contribution in [-0.4, -0.2) is 30.1 Å². The van der Waals surface area contributed by atoms with Crippen LogP contribution in [0.1, 0.15) is 25.5 Å². The third-order valence-corrected chi connectivity index (χ3v) is 2.63. The van der Waals surface area contributed by atoms with Crippen molar-refractivity contribution < 1.29 is 0 Å². The summed E-state index contributed by atoms with van der Waals surface area (Å²) < 4.78 is 0. The second kappa shape index (κ2) is 6.23. The van der Waals surface area contributed by atoms with E-state index < -0.39 is 0 Å². The van der Waals surface area contributed by atoms with Gasteiger partial charge in [-0.15, -0.1) is 0 Å². The molecular formula is C13H20N4. The number of rotatable bonds is 5. The zero-order chi connectivity index (χ0) is 11.9. The Hall–Kier alpha value is -1.58. The Morgan fingerprint density at radius 1 is 1.47 bits per heavy atom. The van der Waals surface area contributed by atoms with Gasteiger partial charge >= 0.3 is 0 Å². The minimum absolute atomic E-state index is 0.641. The summed E-state index contributed by atoms with van der Waals surface area (Å²) in [5.41, 5.74) is 1.10. The molecule has 0 amide bonds. The summed E-state index contributed by atoms with van der Waals surface area (Å²) in [6.45, 7) is 3.77. The Balaban J connectivity index is 1.79. The third kappa shape index (κ3) is 4.43. The summed E-state index contributed by atoms with van der Waals surface area (Å²) >= 11 is 0. The molecule has 1 aliphatic carbocycles. The Morgan fingerprint density at radius 3 is 3.00 bits per heavy atom. The van der Waals surface area contributed by atoms with E-state index in [0.29, 0.717) is 6.04 Å². The maximum atomic E-state index is 4.54. The number of aromatic nitrogens is 1. The lowest BCUT2D eigenvalue weighted by Crippen LogP contribution is -2.38. The predicted molar refractivity (Wildman–Crippen MR) is 70.1 cm³/mol. The first-order valence-electron chi connectivity index (χ1n) is 6.33. The van der Waals surface area contributed by atoms with Crippen molar-refractivity contribution in [2.24, 2.45) is 4.99 Å². The van der Waals surface area contributed by atoms with Gasteiger partial charge in [-0.05, 0) is 31.9 Å². The van der Waals surface area contributed by atoms with Crippen LogP contribution in [0.2, 0.25) is 0 Å². The molecule has 92 valence electrons. The maximum absolute atomic E-state index is 4.54. The highest BCUT2D eigenvalue weighted by Crippen LogP contribution is 2.18. The first kappa shape index (κ1) is 11.9. The fraction of sp³-hybridized carbons (Fsp3) is 0.538. The summed E-state index contributed by atoms with van der Waals surface area (Å²) in [5, 5.41) is 6.66. The first-order valence-corrected chi connectivity index (χ1v) is 6.33. The van der Waals surface area contributed by atoms with E-state index in [1.165, 1.54) is 12.8 Å². The minimum Gasteiger partial charge on any atom is -0.357 e. The molecule has 1 fully saturated rings. The second-order valence-corrected chi connectivity index (χ2v) is 4.25. The Bertz CT molecular complexity index is 357. The number of nitrogens with one attached hydrogen (secondary N) is 2. The van der Waals surface area contributed by atoms with Crippen molar-refractivity contribution in [3.63, 3.8) is 0 Å². The first-order chi connectivity index (χ1) is 8.38. The van der Waals surface area contributed by atoms with Crippen LogP contribution in [0.5, 0.6) is 0 Å². The van der Waals surface area contributed by atoms with Crippen LogP contribution in [0.3, 0.4) is 0 Å². The van der Waals surface area contributed by atoms with Crippen molar-refractivity contribution in [3.05, 3.63) is 30.1 Å². The van der Waals surface area contributed by atoms with Crippen LogP contribution in [0.4, 0.5) is 0 Å². The van der Waals surface area contributed by atoms with Gasteiger partial charge in [0.05, 0.1) is 0 Å². The summed E-state index contributed by atoms with van der Waals surface area (Å²) in [4.78, 5) is 8.83. The molecule has 17 heavy (non-hydrogen) atoms. The lowest BCUT2D eigenvalue weighted by molar-refractivity contribution is 0.804. The van der Waals surface area contributed by atoms with Crippen LogP contribution >= 0.6 is 0 Å². The van der Waals surface area contributed by atoms with Crippen molar-refractivity contribution in [1.82, 2.24) is 15.6 Å². The third-order valence-electron chi connectivity index (χ3n) is 2.63. The zero-order valence-electron chi connectivity index (χ0n) is 10.3. The highest BCUT2D eigenvalue weighted by atomic mass is 15.2. The van der Waals surface area contributed by atoms with Crippen molar-refractivity contribution in [2.45, 2.75) is 32.2 Å². The standard InChI is InChI=1S/C13H20N4/c1-2-14-13(17-12-6-7-12)16-10-8-11-5-3-4-9-15-11/h3-5,9,12H,2,6-8,10H2,1H3,(H2,14,16,17). The zero-order valence-corrected chi connectivity index (χ0v) is 10.3. The minimum atomic E-state index is 0.641. The molecule has 1 aliphatic rings. The van der Waals surface area contributed by atoms with Crippen LogP contribution in [0.25, 0.3) is 0 Å². The summed E-state index contributed by atoms with van der Waals surface area (Å²) in [5.74, 6) is 0.936. The molecule has 1 heterocycles. The fourth-order valence-corrected chi connectivity index (χ4v) is 1.57. The van der Waals surface area contributed by atoms with Crippen molar-refractivity contribution in [3.8, 4) is 0 Å². The number of hydrogen-bond donors (Lipinski definition) is 2. The largest absolute Gasteiger partial charge is 0.357 e. The van der Waals surface area contributed by atoms with Gasteiger partial charge in [-0.25, -0.2) is 0 Å². The number of guanidine groups is 1. The van der Waals surface area contributed by atoms with Crippen molar-refractivity contribution in [2.75, 3.05) is 13.1 Å². The Morgan fingerprint density at radius 2 is 2.35 bits per heavy atom. The maximum Gasteiger partial charge on any atom is 0.191 e. The van der Waals surface area contributed by atoms with Crippen molar-refractivity contribution in [1.29, 1.82) is 0 Å². The van der Waals surface area contributed by atoms with Gasteiger partial charge in [0, 0.05) is 37.4 Å². The van der Waals surface area contributed by atoms with Gasteiger partial charge in [0.1, 0.15) is 0 Å². The topological polar surface area (TPSA) is 49.3 Å². The smallest absolute Gasteiger partial charge is 0.191 e. The molecular weight excluding hydrogens is 212 g/mol. The van der Waals surface area contributed by atoms with Gasteiger partial charge in [-0.2, -0.15) is 0 Å². The SMILES string of the molecule is CCNC(=NCCc1ccccn1)NC1CC1. The summed E-state index contributed by atoms with van der Waals surface area (Å²) in [7, 11) is 0. The van der Waals surface area contributed by atoms with Gasteiger partial charge in [0.15, 0.2) is 5.96 Å². The van der Waals surface area contributed by atoms with Gasteiger partial charge in [0.2, 0.25) is 0 Å². The lowest BCUT2D eigenvalue weighted by Gasteiger charge is -2.09. The molecule has 0 bridgehead atoms. The van der Waals surface area contributed by atoms with E-state index in [0.717, 1.165) is 31.2 Å². The van der Waals surface area contributed by atoms with E-state index in [9.17, 15) is 0 Å². The second-order valence-electron chi connectivity index (χ2n) is 4.25. The number of aliphatic imine (C=N–C) groups is 1. The van der Waals surface area contributed by atoms with E-state index in [1.807, 2.05) is 24.4 Å². The molecule has 0 unspecified atom stereocenters. The van der Waals surface area contributed by atoms with E-state index in [1.54, 1.807) is 0 Å². The molecule has 2 rings (SSSR count). The van der Waals surface area contributed by atoms with Gasteiger partial charge in [0.25, 0.3) is 0 Å². The molecule has 0 spiro atoms. The molecule has 2 N–H and O–H groups in total. The van der Waals surface area contributed by atoms with Crippen molar-refractivity contribution >= 4 is 5.96 Å². The molecule has 4 heteroatoms. The molecule has 1 aromatic rings. The molecule has 0 aromatic carbocycles. The number of pyridine rings is 1. The molecule has 0 radical (unpaired) electrons. The quantitative estimate of drug-likeness (QED) is 0.595. The van der Waals surface area contributed by atoms with Gasteiger partial charge < -0.3 is 10.6 Å². The van der Waals surface area contributed by atoms with Crippen LogP contribution in [0, 0.1) is 0 Å². The lowest BCUT2D eigenvalue weighted by atomic mass is 10.3. The summed E-state index contributed by atoms with van der Waals surface area (Å²) in [6.07, 6.45) is 5.25. The summed E-state index contributed by atoms with van der Waals surface area (Å²) in [6, 6.07) is 6.63. The van der Waals surface area contributed by atoms with E-state index in [4.69, 9.17) is 0 Å². The van der Waals surface area contributed by atoms with E-state index in [-0.39, 0.29) is 0 Å². The van der Waals surface area contributed by atoms with E-state index in [2.05, 4.69) is 27.5 Å². The molecule has 4 nitrogen and oxygen atoms in total. The Kier molecular flexibility index (Phi) is 4.36. The molecule has 1 saturated carbocycles. The normalized spacial score (nSPS) is 15.7. The predicted octanol–water partition coefficient (Wildman–Crippen LogP) is 1.34. The van der Waals surface area contributed by atoms with Gasteiger partial charge in [-0.1, -0.05) is 6.07 Å². The van der Waals surface area contributed by atoms with Crippen LogP contribution in [0.15, 0.2) is 29.4 Å². The highest BCUT2D eigenvalue weighted by molar-refractivity contribution is 5.80. The Labute approximate surface area is 103 Å². The number of nitrogens with zero attached hydrogens (tertiary/aromatic N) is 2. The molecule has 0 aliphatic heterocycles. The average Bonchev–Trinajstić information content (AvgIpc) is 3.15. The van der Waals surface area contributed by atoms with Crippen LogP contribution < -0.4 is 10.6 Å². The van der Waals surface area contributed by atoms with E-state index >= 15 is 0 Å². The fourth-order valence-electron chi connectivity index (χ4n) is 1.57. The molecule has 0 atom stereocenters. The molecule has 0 saturated heterocycles. The number of hydrogen-bond acceptors (Lipinski definition) is 2. The monoisotopic (exact) mass is 232 g/mol. The molecule has 1 aromatic heterocycles. The van der Waals surface area contributed by atoms with Gasteiger partial charge in [-0.3, -0.25) is 9.98 Å². The average molecular weight is 232 g/mol. The highest BCUT2D eigenvalue weighted by Gasteiger charge is 2.21. The van der Waals surface area contributed by atoms with Crippen LogP contribution in [-0.2, 0) is 6.42 Å².